The first kappa shape index (κ1) is 14.2. The monoisotopic (exact) mass is 282 g/mol. The number of hydrogen-bond acceptors (Lipinski definition) is 4. The number of hydrogen-bond donors (Lipinski definition) is 2. The van der Waals surface area contributed by atoms with E-state index < -0.39 is 5.54 Å². The fourth-order valence-electron chi connectivity index (χ4n) is 2.31. The summed E-state index contributed by atoms with van der Waals surface area (Å²) in [5.74, 6) is -0.175. The highest BCUT2D eigenvalue weighted by Crippen LogP contribution is 2.26. The second kappa shape index (κ2) is 6.26. The van der Waals surface area contributed by atoms with E-state index in [0.717, 1.165) is 18.8 Å². The van der Waals surface area contributed by atoms with Gasteiger partial charge in [0.2, 0.25) is 0 Å². The lowest BCUT2D eigenvalue weighted by Crippen LogP contribution is -2.54. The molecule has 0 saturated carbocycles. The molecule has 0 aromatic heterocycles. The maximum Gasteiger partial charge on any atom is 0.331 e. The number of rotatable bonds is 4. The Hall–Kier alpha value is -1.26. The lowest BCUT2D eigenvalue weighted by atomic mass is 9.88. The standard InChI is InChI=1S/C14H19ClN2O2/c1-2-19-13(18)14(7-9-16-10-8-14)17-12-5-3-11(15)4-6-12/h3-6,16-17H,2,7-10H2,1H3. The van der Waals surface area contributed by atoms with Crippen LogP contribution in [0.2, 0.25) is 5.02 Å². The third-order valence-corrected chi connectivity index (χ3v) is 3.60. The van der Waals surface area contributed by atoms with Crippen molar-refractivity contribution in [2.24, 2.45) is 0 Å². The van der Waals surface area contributed by atoms with Gasteiger partial charge in [0.15, 0.2) is 0 Å². The van der Waals surface area contributed by atoms with Crippen LogP contribution in [-0.4, -0.2) is 31.2 Å². The molecule has 1 fully saturated rings. The van der Waals surface area contributed by atoms with Crippen LogP contribution in [0.15, 0.2) is 24.3 Å². The summed E-state index contributed by atoms with van der Waals surface area (Å²) < 4.78 is 5.23. The molecule has 0 atom stereocenters. The van der Waals surface area contributed by atoms with E-state index in [9.17, 15) is 4.79 Å². The van der Waals surface area contributed by atoms with Crippen LogP contribution in [0.1, 0.15) is 19.8 Å². The van der Waals surface area contributed by atoms with Gasteiger partial charge in [0, 0.05) is 10.7 Å². The molecule has 1 saturated heterocycles. The lowest BCUT2D eigenvalue weighted by molar-refractivity contribution is -0.149. The smallest absolute Gasteiger partial charge is 0.331 e. The number of ether oxygens (including phenoxy) is 1. The second-order valence-corrected chi connectivity index (χ2v) is 5.12. The summed E-state index contributed by atoms with van der Waals surface area (Å²) in [6.45, 7) is 3.84. The van der Waals surface area contributed by atoms with Crippen LogP contribution in [0, 0.1) is 0 Å². The lowest BCUT2D eigenvalue weighted by Gasteiger charge is -2.36. The van der Waals surface area contributed by atoms with Crippen molar-refractivity contribution in [2.75, 3.05) is 25.0 Å². The predicted octanol–water partition coefficient (Wildman–Crippen LogP) is 2.44. The van der Waals surface area contributed by atoms with E-state index in [-0.39, 0.29) is 5.97 Å². The van der Waals surface area contributed by atoms with Crippen LogP contribution in [-0.2, 0) is 9.53 Å². The van der Waals surface area contributed by atoms with Crippen LogP contribution in [0.25, 0.3) is 0 Å². The van der Waals surface area contributed by atoms with Crippen molar-refractivity contribution in [1.29, 1.82) is 0 Å². The summed E-state index contributed by atoms with van der Waals surface area (Å²) in [7, 11) is 0. The zero-order valence-corrected chi connectivity index (χ0v) is 11.8. The first-order valence-electron chi connectivity index (χ1n) is 6.58. The van der Waals surface area contributed by atoms with Crippen LogP contribution in [0.5, 0.6) is 0 Å². The molecule has 5 heteroatoms. The Balaban J connectivity index is 2.17. The van der Waals surface area contributed by atoms with E-state index >= 15 is 0 Å². The fourth-order valence-corrected chi connectivity index (χ4v) is 2.44. The highest BCUT2D eigenvalue weighted by molar-refractivity contribution is 6.30. The van der Waals surface area contributed by atoms with E-state index in [4.69, 9.17) is 16.3 Å². The molecule has 0 radical (unpaired) electrons. The van der Waals surface area contributed by atoms with Gasteiger partial charge in [-0.1, -0.05) is 11.6 Å². The Kier molecular flexibility index (Phi) is 4.66. The Bertz CT molecular complexity index is 428. The normalized spacial score (nSPS) is 17.8. The topological polar surface area (TPSA) is 50.4 Å². The summed E-state index contributed by atoms with van der Waals surface area (Å²) >= 11 is 5.87. The molecule has 1 aliphatic heterocycles. The SMILES string of the molecule is CCOC(=O)C1(Nc2ccc(Cl)cc2)CCNCC1. The molecule has 2 N–H and O–H groups in total. The average Bonchev–Trinajstić information content (AvgIpc) is 2.43. The van der Waals surface area contributed by atoms with Gasteiger partial charge in [-0.15, -0.1) is 0 Å². The Morgan fingerprint density at radius 3 is 2.58 bits per heavy atom. The molecule has 1 heterocycles. The van der Waals surface area contributed by atoms with Crippen molar-refractivity contribution in [3.05, 3.63) is 29.3 Å². The molecule has 19 heavy (non-hydrogen) atoms. The van der Waals surface area contributed by atoms with Gasteiger partial charge in [-0.05, 0) is 57.1 Å². The van der Waals surface area contributed by atoms with Gasteiger partial charge < -0.3 is 15.4 Å². The van der Waals surface area contributed by atoms with Gasteiger partial charge >= 0.3 is 5.97 Å². The van der Waals surface area contributed by atoms with Crippen LogP contribution in [0.3, 0.4) is 0 Å². The third kappa shape index (κ3) is 3.39. The molecule has 104 valence electrons. The number of piperidine rings is 1. The van der Waals surface area contributed by atoms with Crippen molar-refractivity contribution in [3.8, 4) is 0 Å². The zero-order chi connectivity index (χ0) is 13.7. The minimum absolute atomic E-state index is 0.175. The van der Waals surface area contributed by atoms with Gasteiger partial charge in [-0.25, -0.2) is 4.79 Å². The Morgan fingerprint density at radius 2 is 2.00 bits per heavy atom. The third-order valence-electron chi connectivity index (χ3n) is 3.35. The van der Waals surface area contributed by atoms with Crippen molar-refractivity contribution < 1.29 is 9.53 Å². The molecule has 0 bridgehead atoms. The van der Waals surface area contributed by atoms with Crippen LogP contribution in [0.4, 0.5) is 5.69 Å². The molecule has 0 aliphatic carbocycles. The van der Waals surface area contributed by atoms with Crippen molar-refractivity contribution >= 4 is 23.3 Å². The van der Waals surface area contributed by atoms with Gasteiger partial charge in [-0.3, -0.25) is 0 Å². The van der Waals surface area contributed by atoms with Gasteiger partial charge in [0.1, 0.15) is 5.54 Å². The van der Waals surface area contributed by atoms with Crippen molar-refractivity contribution in [2.45, 2.75) is 25.3 Å². The highest BCUT2D eigenvalue weighted by atomic mass is 35.5. The maximum absolute atomic E-state index is 12.3. The van der Waals surface area contributed by atoms with E-state index in [0.29, 0.717) is 24.5 Å². The summed E-state index contributed by atoms with van der Waals surface area (Å²) in [6, 6.07) is 7.38. The fraction of sp³-hybridized carbons (Fsp3) is 0.500. The summed E-state index contributed by atoms with van der Waals surface area (Å²) in [5, 5.41) is 7.28. The molecule has 0 unspecified atom stereocenters. The first-order chi connectivity index (χ1) is 9.16. The van der Waals surface area contributed by atoms with Crippen LogP contribution >= 0.6 is 11.6 Å². The molecule has 1 aromatic carbocycles. The van der Waals surface area contributed by atoms with Crippen LogP contribution < -0.4 is 10.6 Å². The molecule has 1 aromatic rings. The molecule has 0 spiro atoms. The van der Waals surface area contributed by atoms with Gasteiger partial charge in [-0.2, -0.15) is 0 Å². The zero-order valence-electron chi connectivity index (χ0n) is 11.0. The molecule has 1 aliphatic rings. The summed E-state index contributed by atoms with van der Waals surface area (Å²) in [4.78, 5) is 12.3. The largest absolute Gasteiger partial charge is 0.464 e. The molecule has 2 rings (SSSR count). The second-order valence-electron chi connectivity index (χ2n) is 4.68. The summed E-state index contributed by atoms with van der Waals surface area (Å²) in [6.07, 6.45) is 1.43. The number of esters is 1. The van der Waals surface area contributed by atoms with Crippen molar-refractivity contribution in [3.63, 3.8) is 0 Å². The van der Waals surface area contributed by atoms with E-state index in [1.807, 2.05) is 31.2 Å². The number of nitrogens with one attached hydrogen (secondary N) is 2. The highest BCUT2D eigenvalue weighted by Gasteiger charge is 2.40. The van der Waals surface area contributed by atoms with E-state index in [1.54, 1.807) is 0 Å². The minimum Gasteiger partial charge on any atom is -0.464 e. The van der Waals surface area contributed by atoms with Gasteiger partial charge in [0.25, 0.3) is 0 Å². The molecule has 0 amide bonds. The average molecular weight is 283 g/mol. The Labute approximate surface area is 118 Å². The number of benzene rings is 1. The number of carbonyl (C=O) groups excluding carboxylic acids is 1. The maximum atomic E-state index is 12.3. The molecule has 4 nitrogen and oxygen atoms in total. The quantitative estimate of drug-likeness (QED) is 0.833. The van der Waals surface area contributed by atoms with E-state index in [1.165, 1.54) is 0 Å². The number of halogens is 1. The van der Waals surface area contributed by atoms with E-state index in [2.05, 4.69) is 10.6 Å². The van der Waals surface area contributed by atoms with Gasteiger partial charge in [0.05, 0.1) is 6.61 Å². The summed E-state index contributed by atoms with van der Waals surface area (Å²) in [5.41, 5.74) is 0.258. The predicted molar refractivity (Wildman–Crippen MR) is 76.5 cm³/mol. The minimum atomic E-state index is -0.630. The van der Waals surface area contributed by atoms with Crippen molar-refractivity contribution in [1.82, 2.24) is 5.32 Å². The number of anilines is 1. The molecular weight excluding hydrogens is 264 g/mol. The number of carbonyl (C=O) groups is 1. The Morgan fingerprint density at radius 1 is 1.37 bits per heavy atom. The molecular formula is C14H19ClN2O2. The first-order valence-corrected chi connectivity index (χ1v) is 6.96.